The van der Waals surface area contributed by atoms with Gasteiger partial charge >= 0.3 is 0 Å². The fraction of sp³-hybridized carbons (Fsp3) is 0.174. The number of nitrogens with one attached hydrogen (secondary N) is 1. The molecule has 0 spiro atoms. The fourth-order valence-corrected chi connectivity index (χ4v) is 3.14. The van der Waals surface area contributed by atoms with E-state index in [1.807, 2.05) is 42.9 Å². The first-order valence-corrected chi connectivity index (χ1v) is 9.49. The number of aromatic nitrogens is 4. The zero-order valence-corrected chi connectivity index (χ0v) is 16.8. The number of carbonyl (C=O) groups excluding carboxylic acids is 1. The van der Waals surface area contributed by atoms with Crippen LogP contribution in [0.1, 0.15) is 27.0 Å². The van der Waals surface area contributed by atoms with Crippen molar-refractivity contribution in [2.75, 3.05) is 5.32 Å². The van der Waals surface area contributed by atoms with Crippen LogP contribution in [0.4, 0.5) is 5.82 Å². The number of nitrogens with zero attached hydrogens (tertiary/aromatic N) is 4. The average Bonchev–Trinajstić information content (AvgIpc) is 3.30. The minimum Gasteiger partial charge on any atom is -0.305 e. The highest BCUT2D eigenvalue weighted by Crippen LogP contribution is 2.24. The van der Waals surface area contributed by atoms with Crippen molar-refractivity contribution in [2.45, 2.75) is 20.4 Å². The van der Waals surface area contributed by atoms with E-state index in [9.17, 15) is 4.79 Å². The Morgan fingerprint density at radius 1 is 0.931 bits per heavy atom. The predicted molar refractivity (Wildman–Crippen MR) is 114 cm³/mol. The first kappa shape index (κ1) is 18.7. The van der Waals surface area contributed by atoms with Crippen LogP contribution in [0.5, 0.6) is 0 Å². The van der Waals surface area contributed by atoms with Crippen molar-refractivity contribution in [2.24, 2.45) is 7.05 Å². The maximum Gasteiger partial charge on any atom is 0.260 e. The van der Waals surface area contributed by atoms with Crippen LogP contribution in [0.3, 0.4) is 0 Å². The van der Waals surface area contributed by atoms with Crippen molar-refractivity contribution >= 4 is 11.7 Å². The van der Waals surface area contributed by atoms with Crippen LogP contribution in [0.2, 0.25) is 0 Å². The Labute approximate surface area is 169 Å². The smallest absolute Gasteiger partial charge is 0.260 e. The Bertz CT molecular complexity index is 1140. The summed E-state index contributed by atoms with van der Waals surface area (Å²) < 4.78 is 3.46. The number of amides is 1. The molecular weight excluding hydrogens is 362 g/mol. The van der Waals surface area contributed by atoms with Gasteiger partial charge in [-0.2, -0.15) is 10.2 Å². The Balaban J connectivity index is 1.68. The van der Waals surface area contributed by atoms with Crippen molar-refractivity contribution in [1.82, 2.24) is 19.6 Å². The van der Waals surface area contributed by atoms with Gasteiger partial charge < -0.3 is 5.32 Å². The van der Waals surface area contributed by atoms with E-state index < -0.39 is 0 Å². The normalized spacial score (nSPS) is 10.9. The fourth-order valence-electron chi connectivity index (χ4n) is 3.14. The van der Waals surface area contributed by atoms with Crippen LogP contribution in [0, 0.1) is 13.8 Å². The Hall–Kier alpha value is -3.67. The van der Waals surface area contributed by atoms with Gasteiger partial charge in [0.2, 0.25) is 0 Å². The van der Waals surface area contributed by atoms with Crippen molar-refractivity contribution in [3.05, 3.63) is 89.2 Å². The Morgan fingerprint density at radius 2 is 1.59 bits per heavy atom. The maximum absolute atomic E-state index is 13.0. The molecule has 0 aliphatic rings. The van der Waals surface area contributed by atoms with Crippen molar-refractivity contribution in [1.29, 1.82) is 0 Å². The monoisotopic (exact) mass is 385 g/mol. The number of benzene rings is 2. The molecule has 6 heteroatoms. The van der Waals surface area contributed by atoms with Crippen LogP contribution in [0.15, 0.2) is 67.0 Å². The average molecular weight is 385 g/mol. The third-order valence-electron chi connectivity index (χ3n) is 4.75. The molecule has 0 saturated heterocycles. The molecule has 0 atom stereocenters. The molecular formula is C23H23N5O. The third kappa shape index (κ3) is 4.27. The molecule has 2 aromatic carbocycles. The molecule has 1 N–H and O–H groups in total. The lowest BCUT2D eigenvalue weighted by atomic mass is 10.1. The lowest BCUT2D eigenvalue weighted by Gasteiger charge is -2.03. The van der Waals surface area contributed by atoms with Gasteiger partial charge in [-0.1, -0.05) is 59.7 Å². The van der Waals surface area contributed by atoms with Gasteiger partial charge in [0, 0.05) is 31.1 Å². The van der Waals surface area contributed by atoms with Gasteiger partial charge in [0.15, 0.2) is 5.82 Å². The molecule has 0 bridgehead atoms. The number of anilines is 1. The molecule has 0 aliphatic carbocycles. The maximum atomic E-state index is 13.0. The molecule has 0 radical (unpaired) electrons. The van der Waals surface area contributed by atoms with Crippen LogP contribution >= 0.6 is 0 Å². The minimum atomic E-state index is -0.227. The van der Waals surface area contributed by atoms with E-state index in [4.69, 9.17) is 5.10 Å². The highest BCUT2D eigenvalue weighted by molar-refractivity contribution is 6.07. The SMILES string of the molecule is Cc1ccc(Cn2cc(C(=O)Nc3ccn(C)n3)c(-c3ccc(C)cc3)n2)cc1. The summed E-state index contributed by atoms with van der Waals surface area (Å²) in [6.45, 7) is 4.69. The van der Waals surface area contributed by atoms with Crippen LogP contribution in [-0.4, -0.2) is 25.5 Å². The molecule has 0 fully saturated rings. The zero-order valence-electron chi connectivity index (χ0n) is 16.8. The lowest BCUT2D eigenvalue weighted by molar-refractivity contribution is 0.102. The van der Waals surface area contributed by atoms with Crippen LogP contribution in [-0.2, 0) is 13.6 Å². The third-order valence-corrected chi connectivity index (χ3v) is 4.75. The summed E-state index contributed by atoms with van der Waals surface area (Å²) in [5.41, 5.74) is 5.59. The molecule has 0 saturated carbocycles. The van der Waals surface area contributed by atoms with E-state index in [-0.39, 0.29) is 5.91 Å². The van der Waals surface area contributed by atoms with Crippen molar-refractivity contribution < 1.29 is 4.79 Å². The summed E-state index contributed by atoms with van der Waals surface area (Å²) in [6.07, 6.45) is 3.59. The van der Waals surface area contributed by atoms with E-state index >= 15 is 0 Å². The van der Waals surface area contributed by atoms with Crippen molar-refractivity contribution in [3.63, 3.8) is 0 Å². The molecule has 1 amide bonds. The van der Waals surface area contributed by atoms with Crippen LogP contribution in [0.25, 0.3) is 11.3 Å². The van der Waals surface area contributed by atoms with E-state index in [1.165, 1.54) is 5.56 Å². The number of aryl methyl sites for hydroxylation is 3. The van der Waals surface area contributed by atoms with Crippen LogP contribution < -0.4 is 5.32 Å². The Morgan fingerprint density at radius 3 is 2.21 bits per heavy atom. The van der Waals surface area contributed by atoms with Gasteiger partial charge in [0.05, 0.1) is 12.1 Å². The molecule has 146 valence electrons. The molecule has 4 rings (SSSR count). The van der Waals surface area contributed by atoms with E-state index in [2.05, 4.69) is 41.6 Å². The van der Waals surface area contributed by atoms with Gasteiger partial charge in [-0.3, -0.25) is 14.2 Å². The van der Waals surface area contributed by atoms with Gasteiger partial charge in [0.1, 0.15) is 5.69 Å². The standard InChI is InChI=1S/C23H23N5O/c1-16-4-8-18(9-5-16)14-28-15-20(23(29)24-21-12-13-27(3)25-21)22(26-28)19-10-6-17(2)7-11-19/h4-13,15H,14H2,1-3H3,(H,24,25,29). The summed E-state index contributed by atoms with van der Waals surface area (Å²) in [5.74, 6) is 0.285. The highest BCUT2D eigenvalue weighted by atomic mass is 16.1. The highest BCUT2D eigenvalue weighted by Gasteiger charge is 2.19. The molecule has 0 aliphatic heterocycles. The largest absolute Gasteiger partial charge is 0.305 e. The molecule has 2 aromatic heterocycles. The van der Waals surface area contributed by atoms with E-state index in [0.29, 0.717) is 23.6 Å². The molecule has 0 unspecified atom stereocenters. The predicted octanol–water partition coefficient (Wildman–Crippen LogP) is 4.20. The second kappa shape index (κ2) is 7.75. The summed E-state index contributed by atoms with van der Waals surface area (Å²) in [6, 6.07) is 18.1. The number of rotatable bonds is 5. The zero-order chi connectivity index (χ0) is 20.4. The number of hydrogen-bond donors (Lipinski definition) is 1. The lowest BCUT2D eigenvalue weighted by Crippen LogP contribution is -2.13. The quantitative estimate of drug-likeness (QED) is 0.560. The second-order valence-corrected chi connectivity index (χ2v) is 7.27. The van der Waals surface area contributed by atoms with E-state index in [1.54, 1.807) is 23.1 Å². The molecule has 2 heterocycles. The van der Waals surface area contributed by atoms with Gasteiger partial charge in [-0.15, -0.1) is 0 Å². The summed E-state index contributed by atoms with van der Waals surface area (Å²) in [7, 11) is 1.81. The topological polar surface area (TPSA) is 64.7 Å². The second-order valence-electron chi connectivity index (χ2n) is 7.27. The molecule has 4 aromatic rings. The van der Waals surface area contributed by atoms with Gasteiger partial charge in [-0.05, 0) is 19.4 Å². The minimum absolute atomic E-state index is 0.227. The first-order chi connectivity index (χ1) is 14.0. The van der Waals surface area contributed by atoms with Crippen molar-refractivity contribution in [3.8, 4) is 11.3 Å². The number of carbonyl (C=O) groups is 1. The Kier molecular flexibility index (Phi) is 4.99. The van der Waals surface area contributed by atoms with Gasteiger partial charge in [-0.25, -0.2) is 0 Å². The molecule has 29 heavy (non-hydrogen) atoms. The molecule has 6 nitrogen and oxygen atoms in total. The summed E-state index contributed by atoms with van der Waals surface area (Å²) in [5, 5.41) is 11.8. The van der Waals surface area contributed by atoms with Gasteiger partial charge in [0.25, 0.3) is 5.91 Å². The van der Waals surface area contributed by atoms with E-state index in [0.717, 1.165) is 16.7 Å². The first-order valence-electron chi connectivity index (χ1n) is 9.49. The number of hydrogen-bond acceptors (Lipinski definition) is 3. The summed E-state index contributed by atoms with van der Waals surface area (Å²) >= 11 is 0. The summed E-state index contributed by atoms with van der Waals surface area (Å²) in [4.78, 5) is 13.0.